The molecule has 0 unspecified atom stereocenters. The molecule has 0 heterocycles. The van der Waals surface area contributed by atoms with Gasteiger partial charge in [0.1, 0.15) is 18.1 Å². The maximum atomic E-state index is 10.0. The van der Waals surface area contributed by atoms with Crippen molar-refractivity contribution in [3.05, 3.63) is 35.4 Å². The van der Waals surface area contributed by atoms with Crippen molar-refractivity contribution < 1.29 is 9.90 Å². The third kappa shape index (κ3) is 2.46. The van der Waals surface area contributed by atoms with E-state index in [4.69, 9.17) is 5.26 Å². The van der Waals surface area contributed by atoms with Crippen LogP contribution in [-0.4, -0.2) is 11.4 Å². The van der Waals surface area contributed by atoms with E-state index in [1.807, 2.05) is 6.07 Å². The van der Waals surface area contributed by atoms with Gasteiger partial charge in [0.25, 0.3) is 0 Å². The predicted molar refractivity (Wildman–Crippen MR) is 52.5 cm³/mol. The van der Waals surface area contributed by atoms with Gasteiger partial charge in [-0.25, -0.2) is 0 Å². The quantitative estimate of drug-likeness (QED) is 0.735. The van der Waals surface area contributed by atoms with Gasteiger partial charge in [-0.3, -0.25) is 0 Å². The number of aldehydes is 1. The highest BCUT2D eigenvalue weighted by molar-refractivity contribution is 5.60. The van der Waals surface area contributed by atoms with Crippen LogP contribution in [0.5, 0.6) is 5.75 Å². The van der Waals surface area contributed by atoms with E-state index in [1.165, 1.54) is 12.1 Å². The lowest BCUT2D eigenvalue weighted by molar-refractivity contribution is -0.107. The fraction of sp³-hybridized carbons (Fsp3) is 0.0909. The van der Waals surface area contributed by atoms with E-state index in [2.05, 4.69) is 0 Å². The largest absolute Gasteiger partial charge is 0.507 e. The summed E-state index contributed by atoms with van der Waals surface area (Å²) in [7, 11) is 0. The Bertz CT molecular complexity index is 402. The lowest BCUT2D eigenvalue weighted by atomic mass is 10.1. The van der Waals surface area contributed by atoms with E-state index >= 15 is 0 Å². The SMILES string of the molecule is N#Cc1ccc(C=CCC=O)cc1O. The van der Waals surface area contributed by atoms with Crippen LogP contribution in [0.2, 0.25) is 0 Å². The second kappa shape index (κ2) is 4.83. The molecule has 1 N–H and O–H groups in total. The first-order chi connectivity index (χ1) is 6.77. The highest BCUT2D eigenvalue weighted by atomic mass is 16.3. The smallest absolute Gasteiger partial charge is 0.133 e. The molecule has 14 heavy (non-hydrogen) atoms. The van der Waals surface area contributed by atoms with E-state index < -0.39 is 0 Å². The third-order valence-corrected chi connectivity index (χ3v) is 1.68. The van der Waals surface area contributed by atoms with E-state index in [-0.39, 0.29) is 11.3 Å². The van der Waals surface area contributed by atoms with Gasteiger partial charge in [-0.15, -0.1) is 0 Å². The monoisotopic (exact) mass is 187 g/mol. The minimum Gasteiger partial charge on any atom is -0.507 e. The molecule has 0 fully saturated rings. The van der Waals surface area contributed by atoms with Crippen molar-refractivity contribution in [2.75, 3.05) is 0 Å². The Hall–Kier alpha value is -2.08. The van der Waals surface area contributed by atoms with Gasteiger partial charge in [0, 0.05) is 6.42 Å². The first kappa shape index (κ1) is 10.0. The molecule has 70 valence electrons. The average Bonchev–Trinajstić information content (AvgIpc) is 2.18. The Kier molecular flexibility index (Phi) is 3.45. The number of allylic oxidation sites excluding steroid dienone is 1. The molecule has 1 rings (SSSR count). The summed E-state index contributed by atoms with van der Waals surface area (Å²) in [5, 5.41) is 17.9. The summed E-state index contributed by atoms with van der Waals surface area (Å²) in [6.45, 7) is 0. The lowest BCUT2D eigenvalue weighted by Crippen LogP contribution is -1.78. The molecule has 0 aliphatic heterocycles. The summed E-state index contributed by atoms with van der Waals surface area (Å²) in [5.74, 6) is -0.0410. The van der Waals surface area contributed by atoms with Crippen LogP contribution in [-0.2, 0) is 4.79 Å². The molecule has 0 aliphatic rings. The van der Waals surface area contributed by atoms with E-state index in [0.29, 0.717) is 6.42 Å². The molecule has 1 aromatic carbocycles. The summed E-state index contributed by atoms with van der Waals surface area (Å²) in [6, 6.07) is 6.59. The van der Waals surface area contributed by atoms with Gasteiger partial charge in [-0.2, -0.15) is 5.26 Å². The van der Waals surface area contributed by atoms with Gasteiger partial charge in [-0.1, -0.05) is 18.2 Å². The first-order valence-electron chi connectivity index (χ1n) is 4.11. The topological polar surface area (TPSA) is 61.1 Å². The highest BCUT2D eigenvalue weighted by Gasteiger charge is 1.98. The van der Waals surface area contributed by atoms with Crippen LogP contribution in [0.3, 0.4) is 0 Å². The molecule has 0 saturated carbocycles. The summed E-state index contributed by atoms with van der Waals surface area (Å²) < 4.78 is 0. The molecular formula is C11H9NO2. The van der Waals surface area contributed by atoms with Crippen LogP contribution in [0.1, 0.15) is 17.5 Å². The number of phenols is 1. The average molecular weight is 187 g/mol. The number of nitrogens with zero attached hydrogens (tertiary/aromatic N) is 1. The molecule has 0 bridgehead atoms. The van der Waals surface area contributed by atoms with Crippen molar-refractivity contribution >= 4 is 12.4 Å². The van der Waals surface area contributed by atoms with Gasteiger partial charge in [0.2, 0.25) is 0 Å². The molecule has 0 amide bonds. The van der Waals surface area contributed by atoms with Crippen LogP contribution in [0.25, 0.3) is 6.08 Å². The minimum atomic E-state index is -0.0410. The third-order valence-electron chi connectivity index (χ3n) is 1.68. The summed E-state index contributed by atoms with van der Waals surface area (Å²) in [5.41, 5.74) is 1.01. The number of hydrogen-bond donors (Lipinski definition) is 1. The Morgan fingerprint density at radius 2 is 2.29 bits per heavy atom. The van der Waals surface area contributed by atoms with Gasteiger partial charge in [-0.05, 0) is 17.7 Å². The number of carbonyl (C=O) groups is 1. The number of hydrogen-bond acceptors (Lipinski definition) is 3. The second-order valence-corrected chi connectivity index (χ2v) is 2.69. The fourth-order valence-corrected chi connectivity index (χ4v) is 1.01. The van der Waals surface area contributed by atoms with Crippen LogP contribution >= 0.6 is 0 Å². The standard InChI is InChI=1S/C11H9NO2/c12-8-10-5-4-9(7-11(10)14)3-1-2-6-13/h1,3-7,14H,2H2. The molecule has 0 spiro atoms. The molecule has 3 nitrogen and oxygen atoms in total. The van der Waals surface area contributed by atoms with E-state index in [0.717, 1.165) is 11.8 Å². The highest BCUT2D eigenvalue weighted by Crippen LogP contribution is 2.18. The van der Waals surface area contributed by atoms with Crippen LogP contribution in [0.4, 0.5) is 0 Å². The number of benzene rings is 1. The van der Waals surface area contributed by atoms with E-state index in [1.54, 1.807) is 18.2 Å². The molecule has 0 aliphatic carbocycles. The molecule has 0 saturated heterocycles. The van der Waals surface area contributed by atoms with Crippen molar-refractivity contribution in [1.29, 1.82) is 5.26 Å². The number of phenolic OH excluding ortho intramolecular Hbond substituents is 1. The van der Waals surface area contributed by atoms with E-state index in [9.17, 15) is 9.90 Å². The zero-order valence-corrected chi connectivity index (χ0v) is 7.47. The van der Waals surface area contributed by atoms with Crippen molar-refractivity contribution in [2.24, 2.45) is 0 Å². The fourth-order valence-electron chi connectivity index (χ4n) is 1.01. The summed E-state index contributed by atoms with van der Waals surface area (Å²) in [4.78, 5) is 10.0. The van der Waals surface area contributed by atoms with Crippen LogP contribution < -0.4 is 0 Å². The van der Waals surface area contributed by atoms with Crippen LogP contribution in [0, 0.1) is 11.3 Å². The van der Waals surface area contributed by atoms with Crippen molar-refractivity contribution in [1.82, 2.24) is 0 Å². The molecular weight excluding hydrogens is 178 g/mol. The zero-order valence-electron chi connectivity index (χ0n) is 7.47. The maximum absolute atomic E-state index is 10.0. The summed E-state index contributed by atoms with van der Waals surface area (Å²) in [6.07, 6.45) is 4.55. The van der Waals surface area contributed by atoms with Gasteiger partial charge in [0.05, 0.1) is 5.56 Å². The van der Waals surface area contributed by atoms with Gasteiger partial charge in [0.15, 0.2) is 0 Å². The Morgan fingerprint density at radius 3 is 2.86 bits per heavy atom. The summed E-state index contributed by atoms with van der Waals surface area (Å²) >= 11 is 0. The number of rotatable bonds is 3. The van der Waals surface area contributed by atoms with Crippen molar-refractivity contribution in [2.45, 2.75) is 6.42 Å². The maximum Gasteiger partial charge on any atom is 0.133 e. The van der Waals surface area contributed by atoms with Crippen molar-refractivity contribution in [3.63, 3.8) is 0 Å². The number of aromatic hydroxyl groups is 1. The normalized spacial score (nSPS) is 9.93. The minimum absolute atomic E-state index is 0.0410. The molecule has 1 aromatic rings. The van der Waals surface area contributed by atoms with Gasteiger partial charge >= 0.3 is 0 Å². The Balaban J connectivity index is 2.87. The molecule has 3 heteroatoms. The predicted octanol–water partition coefficient (Wildman–Crippen LogP) is 1.87. The second-order valence-electron chi connectivity index (χ2n) is 2.69. The lowest BCUT2D eigenvalue weighted by Gasteiger charge is -1.97. The Labute approximate surface area is 81.9 Å². The molecule has 0 aromatic heterocycles. The number of nitriles is 1. The molecule has 0 atom stereocenters. The first-order valence-corrected chi connectivity index (χ1v) is 4.11. The molecule has 0 radical (unpaired) electrons. The Morgan fingerprint density at radius 1 is 1.50 bits per heavy atom. The van der Waals surface area contributed by atoms with Crippen molar-refractivity contribution in [3.8, 4) is 11.8 Å². The zero-order chi connectivity index (χ0) is 10.4. The van der Waals surface area contributed by atoms with Crippen LogP contribution in [0.15, 0.2) is 24.3 Å². The van der Waals surface area contributed by atoms with Gasteiger partial charge < -0.3 is 9.90 Å². The number of carbonyl (C=O) groups excluding carboxylic acids is 1.